The SMILES string of the molecule is Cc1nc(-c2cccc(C#N)c2)nc2c(C(=O)NC(C)C3CC3)ccn12. The van der Waals surface area contributed by atoms with E-state index in [-0.39, 0.29) is 11.9 Å². The van der Waals surface area contributed by atoms with Crippen LogP contribution in [-0.2, 0) is 0 Å². The Kier molecular flexibility index (Phi) is 3.92. The molecule has 0 radical (unpaired) electrons. The zero-order valence-electron chi connectivity index (χ0n) is 14.7. The molecule has 2 heterocycles. The topological polar surface area (TPSA) is 83.1 Å². The van der Waals surface area contributed by atoms with Crippen molar-refractivity contribution in [3.05, 3.63) is 53.5 Å². The van der Waals surface area contributed by atoms with Gasteiger partial charge in [0.05, 0.1) is 17.2 Å². The molecule has 6 nitrogen and oxygen atoms in total. The monoisotopic (exact) mass is 345 g/mol. The van der Waals surface area contributed by atoms with Crippen LogP contribution in [0.25, 0.3) is 17.0 Å². The number of hydrogen-bond acceptors (Lipinski definition) is 4. The Morgan fingerprint density at radius 1 is 1.35 bits per heavy atom. The quantitative estimate of drug-likeness (QED) is 0.787. The van der Waals surface area contributed by atoms with Gasteiger partial charge in [-0.3, -0.25) is 9.20 Å². The first-order chi connectivity index (χ1) is 12.6. The van der Waals surface area contributed by atoms with Crippen LogP contribution in [-0.4, -0.2) is 26.3 Å². The molecule has 1 atom stereocenters. The molecule has 0 bridgehead atoms. The Hall–Kier alpha value is -3.20. The fourth-order valence-electron chi connectivity index (χ4n) is 3.16. The molecular formula is C20H19N5O. The van der Waals surface area contributed by atoms with Gasteiger partial charge in [-0.2, -0.15) is 5.26 Å². The number of amides is 1. The molecule has 1 fully saturated rings. The van der Waals surface area contributed by atoms with E-state index in [4.69, 9.17) is 5.26 Å². The van der Waals surface area contributed by atoms with Gasteiger partial charge in [-0.05, 0) is 50.8 Å². The van der Waals surface area contributed by atoms with Gasteiger partial charge in [0.25, 0.3) is 5.91 Å². The number of rotatable bonds is 4. The molecule has 1 N–H and O–H groups in total. The maximum absolute atomic E-state index is 12.7. The number of carbonyl (C=O) groups is 1. The van der Waals surface area contributed by atoms with Crippen LogP contribution in [0.5, 0.6) is 0 Å². The zero-order valence-corrected chi connectivity index (χ0v) is 14.7. The summed E-state index contributed by atoms with van der Waals surface area (Å²) >= 11 is 0. The average molecular weight is 345 g/mol. The Morgan fingerprint density at radius 3 is 2.88 bits per heavy atom. The molecule has 1 unspecified atom stereocenters. The lowest BCUT2D eigenvalue weighted by atomic mass is 10.1. The minimum atomic E-state index is -0.110. The molecule has 26 heavy (non-hydrogen) atoms. The van der Waals surface area contributed by atoms with Gasteiger partial charge in [0, 0.05) is 17.8 Å². The van der Waals surface area contributed by atoms with Gasteiger partial charge in [-0.15, -0.1) is 0 Å². The highest BCUT2D eigenvalue weighted by Crippen LogP contribution is 2.32. The first-order valence-electron chi connectivity index (χ1n) is 8.74. The van der Waals surface area contributed by atoms with Crippen LogP contribution >= 0.6 is 0 Å². The molecule has 0 aliphatic heterocycles. The van der Waals surface area contributed by atoms with E-state index >= 15 is 0 Å². The Labute approximate surface area is 151 Å². The molecule has 1 aliphatic rings. The van der Waals surface area contributed by atoms with Crippen LogP contribution in [0.1, 0.15) is 41.5 Å². The molecule has 2 aromatic heterocycles. The van der Waals surface area contributed by atoms with Crippen LogP contribution < -0.4 is 5.32 Å². The number of aryl methyl sites for hydroxylation is 1. The van der Waals surface area contributed by atoms with Crippen molar-refractivity contribution in [2.45, 2.75) is 32.7 Å². The first-order valence-corrected chi connectivity index (χ1v) is 8.74. The van der Waals surface area contributed by atoms with Crippen molar-refractivity contribution in [3.63, 3.8) is 0 Å². The number of nitriles is 1. The second-order valence-electron chi connectivity index (χ2n) is 6.81. The Balaban J connectivity index is 1.75. The van der Waals surface area contributed by atoms with Crippen molar-refractivity contribution < 1.29 is 4.79 Å². The van der Waals surface area contributed by atoms with Crippen LogP contribution in [0, 0.1) is 24.2 Å². The van der Waals surface area contributed by atoms with Crippen molar-refractivity contribution in [2.75, 3.05) is 0 Å². The third-order valence-electron chi connectivity index (χ3n) is 4.87. The molecule has 1 saturated carbocycles. The smallest absolute Gasteiger partial charge is 0.255 e. The number of hydrogen-bond donors (Lipinski definition) is 1. The summed E-state index contributed by atoms with van der Waals surface area (Å²) in [6, 6.07) is 11.2. The molecule has 0 saturated heterocycles. The molecule has 1 aliphatic carbocycles. The van der Waals surface area contributed by atoms with Crippen LogP contribution in [0.3, 0.4) is 0 Å². The van der Waals surface area contributed by atoms with Crippen molar-refractivity contribution in [3.8, 4) is 17.5 Å². The minimum Gasteiger partial charge on any atom is -0.349 e. The molecule has 130 valence electrons. The van der Waals surface area contributed by atoms with Crippen LogP contribution in [0.4, 0.5) is 0 Å². The summed E-state index contributed by atoms with van der Waals surface area (Å²) < 4.78 is 1.81. The fourth-order valence-corrected chi connectivity index (χ4v) is 3.16. The zero-order chi connectivity index (χ0) is 18.3. The average Bonchev–Trinajstić information content (AvgIpc) is 3.41. The van der Waals surface area contributed by atoms with Gasteiger partial charge in [0.15, 0.2) is 11.5 Å². The van der Waals surface area contributed by atoms with Gasteiger partial charge in [0.2, 0.25) is 0 Å². The number of nitrogens with zero attached hydrogens (tertiary/aromatic N) is 4. The second kappa shape index (κ2) is 6.26. The summed E-state index contributed by atoms with van der Waals surface area (Å²) in [6.45, 7) is 3.92. The van der Waals surface area contributed by atoms with Crippen molar-refractivity contribution in [2.24, 2.45) is 5.92 Å². The van der Waals surface area contributed by atoms with Gasteiger partial charge >= 0.3 is 0 Å². The molecule has 1 aromatic carbocycles. The van der Waals surface area contributed by atoms with Gasteiger partial charge in [0.1, 0.15) is 5.82 Å². The summed E-state index contributed by atoms with van der Waals surface area (Å²) in [7, 11) is 0. The normalized spacial score (nSPS) is 14.8. The maximum atomic E-state index is 12.7. The molecule has 4 rings (SSSR count). The Bertz CT molecular complexity index is 1040. The first kappa shape index (κ1) is 16.3. The summed E-state index contributed by atoms with van der Waals surface area (Å²) in [4.78, 5) is 21.8. The fraction of sp³-hybridized carbons (Fsp3) is 0.300. The molecule has 0 spiro atoms. The van der Waals surface area contributed by atoms with Crippen molar-refractivity contribution >= 4 is 11.6 Å². The van der Waals surface area contributed by atoms with E-state index < -0.39 is 0 Å². The lowest BCUT2D eigenvalue weighted by Crippen LogP contribution is -2.34. The number of nitrogens with one attached hydrogen (secondary N) is 1. The van der Waals surface area contributed by atoms with Gasteiger partial charge in [-0.1, -0.05) is 12.1 Å². The number of aromatic nitrogens is 3. The minimum absolute atomic E-state index is 0.110. The lowest BCUT2D eigenvalue weighted by Gasteiger charge is -2.12. The van der Waals surface area contributed by atoms with E-state index in [1.165, 1.54) is 12.8 Å². The third kappa shape index (κ3) is 2.93. The number of carbonyl (C=O) groups excluding carboxylic acids is 1. The summed E-state index contributed by atoms with van der Waals surface area (Å²) in [5, 5.41) is 12.2. The molecule has 1 amide bonds. The highest BCUT2D eigenvalue weighted by atomic mass is 16.1. The molecule has 6 heteroatoms. The summed E-state index contributed by atoms with van der Waals surface area (Å²) in [6.07, 6.45) is 4.17. The van der Waals surface area contributed by atoms with Crippen molar-refractivity contribution in [1.29, 1.82) is 5.26 Å². The summed E-state index contributed by atoms with van der Waals surface area (Å²) in [5.74, 6) is 1.73. The van der Waals surface area contributed by atoms with E-state index in [1.807, 2.05) is 30.5 Å². The summed E-state index contributed by atoms with van der Waals surface area (Å²) in [5.41, 5.74) is 2.43. The van der Waals surface area contributed by atoms with E-state index in [2.05, 4.69) is 21.4 Å². The predicted molar refractivity (Wildman–Crippen MR) is 97.5 cm³/mol. The van der Waals surface area contributed by atoms with Crippen LogP contribution in [0.2, 0.25) is 0 Å². The molecule has 3 aromatic rings. The molecular weight excluding hydrogens is 326 g/mol. The predicted octanol–water partition coefficient (Wildman–Crippen LogP) is 3.10. The standard InChI is InChI=1S/C20H19N5O/c1-12(15-6-7-15)22-20(26)17-8-9-25-13(2)23-18(24-19(17)25)16-5-3-4-14(10-16)11-21/h3-5,8-10,12,15H,6-7H2,1-2H3,(H,22,26). The van der Waals surface area contributed by atoms with E-state index in [0.29, 0.717) is 28.5 Å². The highest BCUT2D eigenvalue weighted by molar-refractivity contribution is 6.00. The number of fused-ring (bicyclic) bond motifs is 1. The van der Waals surface area contributed by atoms with E-state index in [9.17, 15) is 4.79 Å². The maximum Gasteiger partial charge on any atom is 0.255 e. The highest BCUT2D eigenvalue weighted by Gasteiger charge is 2.29. The van der Waals surface area contributed by atoms with Gasteiger partial charge < -0.3 is 5.32 Å². The Morgan fingerprint density at radius 2 is 2.15 bits per heavy atom. The van der Waals surface area contributed by atoms with Crippen LogP contribution in [0.15, 0.2) is 36.5 Å². The van der Waals surface area contributed by atoms with E-state index in [1.54, 1.807) is 24.3 Å². The second-order valence-corrected chi connectivity index (χ2v) is 6.81. The van der Waals surface area contributed by atoms with Gasteiger partial charge in [-0.25, -0.2) is 9.97 Å². The lowest BCUT2D eigenvalue weighted by molar-refractivity contribution is 0.0937. The van der Waals surface area contributed by atoms with Crippen molar-refractivity contribution in [1.82, 2.24) is 19.7 Å². The third-order valence-corrected chi connectivity index (χ3v) is 4.87. The van der Waals surface area contributed by atoms with E-state index in [0.717, 1.165) is 11.4 Å². The number of benzene rings is 1. The largest absolute Gasteiger partial charge is 0.349 e.